The molecule has 0 aromatic carbocycles. The number of carbonyl (C=O) groups is 1. The molecule has 20 atom stereocenters. The highest BCUT2D eigenvalue weighted by Gasteiger charge is 2.64. The Hall–Kier alpha value is -0.740. The van der Waals surface area contributed by atoms with Crippen molar-refractivity contribution in [2.75, 3.05) is 12.3 Å². The number of rotatable bonds is 17. The smallest absolute Gasteiger partial charge is 0.266 e. The maximum Gasteiger partial charge on any atom is 0.266 e. The van der Waals surface area contributed by atoms with Crippen LogP contribution in [0, 0.1) is 98.6 Å². The van der Waals surface area contributed by atoms with Crippen LogP contribution in [-0.4, -0.2) is 64.8 Å². The average molecular weight is 914 g/mol. The lowest BCUT2D eigenvalue weighted by Crippen LogP contribution is -2.58. The van der Waals surface area contributed by atoms with Gasteiger partial charge in [0.15, 0.2) is 0 Å². The molecule has 0 aliphatic heterocycles. The van der Waals surface area contributed by atoms with E-state index in [9.17, 15) is 28.5 Å². The summed E-state index contributed by atoms with van der Waals surface area (Å²) in [5.74, 6) is 7.92. The van der Waals surface area contributed by atoms with E-state index in [0.717, 1.165) is 80.5 Å². The second-order valence-corrected chi connectivity index (χ2v) is 27.5. The monoisotopic (exact) mass is 914 g/mol. The van der Waals surface area contributed by atoms with Gasteiger partial charge >= 0.3 is 0 Å². The first-order valence-corrected chi connectivity index (χ1v) is 29.2. The summed E-state index contributed by atoms with van der Waals surface area (Å²) in [4.78, 5) is 12.6. The van der Waals surface area contributed by atoms with Crippen LogP contribution in [-0.2, 0) is 14.9 Å². The van der Waals surface area contributed by atoms with Gasteiger partial charge in [0, 0.05) is 13.0 Å². The van der Waals surface area contributed by atoms with E-state index in [1.165, 1.54) is 116 Å². The zero-order valence-corrected chi connectivity index (χ0v) is 42.3. The SMILES string of the molecule is C[C@H](CCC(=O)NCCS(=O)(=O)O)[C@H]1CCC2[C@@H]3[C@@H](CCCCCCCC[C@@H](C)[C@H]4CCC5[C@@H]6[C@@H](O)CC7C[C@H](O)CC[C@]7(C)[C@H]6CC[C@@]54C)CC4C[C@H](O)CC[C@]4(C)[C@H]3CC[C@@]21C. The van der Waals surface area contributed by atoms with Crippen molar-refractivity contribution in [2.45, 2.75) is 227 Å². The second kappa shape index (κ2) is 19.6. The number of hydrogen-bond acceptors (Lipinski definition) is 6. The van der Waals surface area contributed by atoms with E-state index in [-0.39, 0.29) is 30.8 Å². The van der Waals surface area contributed by atoms with Crippen molar-refractivity contribution < 1.29 is 33.1 Å². The Morgan fingerprint density at radius 1 is 0.594 bits per heavy atom. The third-order valence-electron chi connectivity index (χ3n) is 23.0. The van der Waals surface area contributed by atoms with Crippen molar-refractivity contribution in [3.63, 3.8) is 0 Å². The average Bonchev–Trinajstić information content (AvgIpc) is 3.78. The van der Waals surface area contributed by atoms with Crippen LogP contribution in [0.15, 0.2) is 0 Å². The molecule has 0 radical (unpaired) electrons. The Labute approximate surface area is 390 Å². The molecule has 0 aromatic heterocycles. The zero-order chi connectivity index (χ0) is 45.8. The molecule has 1 amide bonds. The highest BCUT2D eigenvalue weighted by Crippen LogP contribution is 2.71. The van der Waals surface area contributed by atoms with Crippen LogP contribution in [0.3, 0.4) is 0 Å². The maximum absolute atomic E-state index is 12.6. The Morgan fingerprint density at radius 3 is 1.67 bits per heavy atom. The molecule has 0 saturated heterocycles. The summed E-state index contributed by atoms with van der Waals surface area (Å²) >= 11 is 0. The van der Waals surface area contributed by atoms with E-state index in [2.05, 4.69) is 46.9 Å². The molecule has 8 saturated carbocycles. The molecular formula is C55H95NO7S. The molecule has 64 heavy (non-hydrogen) atoms. The predicted octanol–water partition coefficient (Wildman–Crippen LogP) is 11.4. The van der Waals surface area contributed by atoms with Crippen molar-refractivity contribution in [1.82, 2.24) is 5.32 Å². The van der Waals surface area contributed by atoms with Crippen molar-refractivity contribution in [3.05, 3.63) is 0 Å². The third kappa shape index (κ3) is 9.60. The molecular weight excluding hydrogens is 819 g/mol. The minimum Gasteiger partial charge on any atom is -0.393 e. The van der Waals surface area contributed by atoms with Gasteiger partial charge in [0.1, 0.15) is 0 Å². The van der Waals surface area contributed by atoms with Gasteiger partial charge in [-0.1, -0.05) is 92.9 Å². The largest absolute Gasteiger partial charge is 0.393 e. The van der Waals surface area contributed by atoms with Crippen LogP contribution in [0.1, 0.15) is 208 Å². The van der Waals surface area contributed by atoms with E-state index >= 15 is 0 Å². The molecule has 8 nitrogen and oxygen atoms in total. The van der Waals surface area contributed by atoms with Crippen LogP contribution >= 0.6 is 0 Å². The third-order valence-corrected chi connectivity index (χ3v) is 23.7. The molecule has 8 aliphatic carbocycles. The minimum absolute atomic E-state index is 0.0424. The lowest BCUT2D eigenvalue weighted by atomic mass is 9.42. The van der Waals surface area contributed by atoms with Gasteiger partial charge < -0.3 is 20.6 Å². The highest BCUT2D eigenvalue weighted by atomic mass is 32.2. The first kappa shape index (κ1) is 49.7. The van der Waals surface area contributed by atoms with Gasteiger partial charge in [-0.3, -0.25) is 9.35 Å². The number of carbonyl (C=O) groups excluding carboxylic acids is 1. The number of amides is 1. The number of nitrogens with one attached hydrogen (secondary N) is 1. The summed E-state index contributed by atoms with van der Waals surface area (Å²) in [7, 11) is -4.08. The van der Waals surface area contributed by atoms with Gasteiger partial charge in [0.05, 0.1) is 24.1 Å². The van der Waals surface area contributed by atoms with Gasteiger partial charge in [0.2, 0.25) is 5.91 Å². The zero-order valence-electron chi connectivity index (χ0n) is 41.5. The molecule has 9 heteroatoms. The molecule has 8 aliphatic rings. The molecule has 4 unspecified atom stereocenters. The fourth-order valence-corrected chi connectivity index (χ4v) is 20.0. The van der Waals surface area contributed by atoms with Crippen molar-refractivity contribution in [3.8, 4) is 0 Å². The van der Waals surface area contributed by atoms with Crippen LogP contribution < -0.4 is 5.32 Å². The Kier molecular flexibility index (Phi) is 15.2. The van der Waals surface area contributed by atoms with Crippen LogP contribution in [0.5, 0.6) is 0 Å². The number of hydrogen-bond donors (Lipinski definition) is 5. The highest BCUT2D eigenvalue weighted by molar-refractivity contribution is 7.85. The summed E-state index contributed by atoms with van der Waals surface area (Å²) in [6, 6.07) is 0. The summed E-state index contributed by atoms with van der Waals surface area (Å²) in [5, 5.41) is 35.8. The van der Waals surface area contributed by atoms with Crippen molar-refractivity contribution in [1.29, 1.82) is 0 Å². The number of aliphatic hydroxyl groups is 3. The summed E-state index contributed by atoms with van der Waals surface area (Å²) in [6.45, 7) is 15.3. The standard InChI is InChI=1S/C55H95NO7S/c1-35(42-17-19-45-51-47(24-28-55(42,45)6)53(4)26-22-41(58)33-39(53)34-48(51)59)13-11-9-7-8-10-12-14-37-31-38-32-40(57)21-25-52(38,3)46-23-27-54(5)43(16-18-44(54)50(37)46)36(2)15-20-49(60)56-29-30-64(61,62)63/h35-48,50-51,57-59H,7-34H2,1-6H3,(H,56,60)(H,61,62,63)/t35-,36-,37+,38?,39?,40-,41-,42-,43-,44?,45?,46+,47+,48+,50+,51+,52+,53+,54-,55-/m1/s1. The number of aliphatic hydroxyl groups excluding tert-OH is 3. The lowest BCUT2D eigenvalue weighted by molar-refractivity contribution is -0.174. The van der Waals surface area contributed by atoms with Crippen LogP contribution in [0.25, 0.3) is 0 Å². The van der Waals surface area contributed by atoms with Crippen molar-refractivity contribution in [2.24, 2.45) is 98.6 Å². The Morgan fingerprint density at radius 2 is 1.08 bits per heavy atom. The molecule has 8 fully saturated rings. The van der Waals surface area contributed by atoms with Gasteiger partial charge in [-0.05, 0) is 208 Å². The quantitative estimate of drug-likeness (QED) is 0.0722. The van der Waals surface area contributed by atoms with Crippen LogP contribution in [0.2, 0.25) is 0 Å². The van der Waals surface area contributed by atoms with Gasteiger partial charge in [0.25, 0.3) is 10.1 Å². The first-order chi connectivity index (χ1) is 30.3. The fraction of sp³-hybridized carbons (Fsp3) is 0.982. The van der Waals surface area contributed by atoms with E-state index in [0.29, 0.717) is 69.5 Å². The molecule has 5 N–H and O–H groups in total. The minimum atomic E-state index is -4.08. The lowest BCUT2D eigenvalue weighted by Gasteiger charge is -2.63. The van der Waals surface area contributed by atoms with Crippen LogP contribution in [0.4, 0.5) is 0 Å². The Bertz CT molecular complexity index is 1710. The summed E-state index contributed by atoms with van der Waals surface area (Å²) in [6.07, 6.45) is 30.3. The first-order valence-electron chi connectivity index (χ1n) is 27.5. The van der Waals surface area contributed by atoms with Gasteiger partial charge in [-0.15, -0.1) is 0 Å². The molecule has 0 heterocycles. The number of unbranched alkanes of at least 4 members (excludes halogenated alkanes) is 5. The second-order valence-electron chi connectivity index (χ2n) is 25.9. The molecule has 0 aromatic rings. The van der Waals surface area contributed by atoms with Crippen molar-refractivity contribution >= 4 is 16.0 Å². The molecule has 368 valence electrons. The molecule has 0 bridgehead atoms. The maximum atomic E-state index is 12.6. The molecule has 8 rings (SSSR count). The van der Waals surface area contributed by atoms with E-state index in [1.807, 2.05) is 0 Å². The van der Waals surface area contributed by atoms with E-state index in [1.54, 1.807) is 0 Å². The summed E-state index contributed by atoms with van der Waals surface area (Å²) in [5.41, 5.74) is 1.31. The predicted molar refractivity (Wildman–Crippen MR) is 257 cm³/mol. The van der Waals surface area contributed by atoms with Gasteiger partial charge in [-0.2, -0.15) is 8.42 Å². The summed E-state index contributed by atoms with van der Waals surface area (Å²) < 4.78 is 31.3. The van der Waals surface area contributed by atoms with E-state index in [4.69, 9.17) is 4.55 Å². The fourth-order valence-electron chi connectivity index (χ4n) is 19.6. The topological polar surface area (TPSA) is 144 Å². The van der Waals surface area contributed by atoms with Gasteiger partial charge in [-0.25, -0.2) is 0 Å². The van der Waals surface area contributed by atoms with E-state index < -0.39 is 15.9 Å². The number of fused-ring (bicyclic) bond motifs is 10. The Balaban J connectivity index is 0.804. The molecule has 0 spiro atoms. The normalized spacial score (nSPS) is 47.3.